The van der Waals surface area contributed by atoms with Crippen molar-refractivity contribution >= 4 is 11.9 Å². The molecule has 0 aromatic heterocycles. The Kier molecular flexibility index (Phi) is 55.4. The molecular weight excluding hydrogens is 837 g/mol. The summed E-state index contributed by atoms with van der Waals surface area (Å²) in [4.78, 5) is 25.5. The molecule has 0 aromatic carbocycles. The summed E-state index contributed by atoms with van der Waals surface area (Å²) in [5, 5.41) is 0. The fraction of sp³-hybridized carbons (Fsp3) is 0.714. The van der Waals surface area contributed by atoms with Crippen LogP contribution in [0.25, 0.3) is 0 Å². The van der Waals surface area contributed by atoms with Gasteiger partial charge in [-0.05, 0) is 122 Å². The van der Waals surface area contributed by atoms with Crippen LogP contribution in [0.4, 0.5) is 0 Å². The quantitative estimate of drug-likeness (QED) is 0.0345. The minimum Gasteiger partial charge on any atom is -0.462 e. The Morgan fingerprint density at radius 1 is 0.338 bits per heavy atom. The summed E-state index contributed by atoms with van der Waals surface area (Å²) >= 11 is 0. The van der Waals surface area contributed by atoms with Crippen molar-refractivity contribution in [2.24, 2.45) is 0 Å². The van der Waals surface area contributed by atoms with Crippen molar-refractivity contribution < 1.29 is 23.8 Å². The van der Waals surface area contributed by atoms with Crippen LogP contribution in [-0.2, 0) is 23.8 Å². The van der Waals surface area contributed by atoms with E-state index in [0.717, 1.165) is 103 Å². The molecule has 0 saturated heterocycles. The van der Waals surface area contributed by atoms with Gasteiger partial charge in [0, 0.05) is 19.4 Å². The molecule has 1 unspecified atom stereocenters. The number of hydrogen-bond acceptors (Lipinski definition) is 5. The molecular formula is C63H108O5. The van der Waals surface area contributed by atoms with Gasteiger partial charge < -0.3 is 14.2 Å². The van der Waals surface area contributed by atoms with E-state index in [-0.39, 0.29) is 25.2 Å². The summed E-state index contributed by atoms with van der Waals surface area (Å²) in [6, 6.07) is 0. The van der Waals surface area contributed by atoms with Crippen molar-refractivity contribution in [3.05, 3.63) is 97.2 Å². The van der Waals surface area contributed by atoms with E-state index in [4.69, 9.17) is 14.2 Å². The molecule has 1 atom stereocenters. The van der Waals surface area contributed by atoms with Crippen molar-refractivity contribution in [2.75, 3.05) is 19.8 Å². The zero-order chi connectivity index (χ0) is 49.2. The molecule has 0 bridgehead atoms. The van der Waals surface area contributed by atoms with E-state index in [1.54, 1.807) is 0 Å². The smallest absolute Gasteiger partial charge is 0.306 e. The molecule has 68 heavy (non-hydrogen) atoms. The van der Waals surface area contributed by atoms with Gasteiger partial charge in [-0.25, -0.2) is 0 Å². The van der Waals surface area contributed by atoms with Crippen LogP contribution in [0.3, 0.4) is 0 Å². The van der Waals surface area contributed by atoms with Crippen LogP contribution < -0.4 is 0 Å². The first-order valence-electron chi connectivity index (χ1n) is 28.8. The van der Waals surface area contributed by atoms with Gasteiger partial charge in [0.2, 0.25) is 0 Å². The number of carbonyl (C=O) groups is 2. The molecule has 0 aromatic rings. The lowest BCUT2D eigenvalue weighted by molar-refractivity contribution is -0.163. The van der Waals surface area contributed by atoms with Crippen LogP contribution in [0.15, 0.2) is 97.2 Å². The molecule has 390 valence electrons. The third kappa shape index (κ3) is 55.4. The Balaban J connectivity index is 4.34. The molecule has 0 spiro atoms. The highest BCUT2D eigenvalue weighted by atomic mass is 16.6. The molecule has 0 rings (SSSR count). The van der Waals surface area contributed by atoms with E-state index in [0.29, 0.717) is 19.4 Å². The van der Waals surface area contributed by atoms with Crippen molar-refractivity contribution in [1.29, 1.82) is 0 Å². The Morgan fingerprint density at radius 2 is 0.662 bits per heavy atom. The second-order valence-corrected chi connectivity index (χ2v) is 18.8. The standard InChI is InChI=1S/C63H108O5/c1-4-7-10-13-16-19-22-25-28-30-32-34-36-38-41-44-47-50-53-56-62(64)67-60-61(59-66-58-55-52-49-46-43-40-27-24-21-18-15-12-9-6-3)68-63(65)57-54-51-48-45-42-39-37-35-33-31-29-26-23-20-17-14-11-8-5-2/h7,10,16-17,19-21,24-26,28-29,32-35,61H,4-6,8-9,11-15,18,22-23,27,30-31,36-60H2,1-3H3/b10-7-,19-16-,20-17-,24-21-,28-25-,29-26-,34-32-,35-33-. The van der Waals surface area contributed by atoms with E-state index in [1.807, 2.05) is 0 Å². The molecule has 0 fully saturated rings. The summed E-state index contributed by atoms with van der Waals surface area (Å²) in [6.07, 6.45) is 78.5. The van der Waals surface area contributed by atoms with Gasteiger partial charge in [0.15, 0.2) is 6.10 Å². The van der Waals surface area contributed by atoms with Gasteiger partial charge in [0.05, 0.1) is 6.61 Å². The van der Waals surface area contributed by atoms with Gasteiger partial charge in [-0.15, -0.1) is 0 Å². The molecule has 0 N–H and O–H groups in total. The van der Waals surface area contributed by atoms with Crippen molar-refractivity contribution in [3.63, 3.8) is 0 Å². The maximum Gasteiger partial charge on any atom is 0.306 e. The number of allylic oxidation sites excluding steroid dienone is 16. The van der Waals surface area contributed by atoms with Gasteiger partial charge in [-0.2, -0.15) is 0 Å². The number of esters is 2. The average molecular weight is 946 g/mol. The molecule has 0 aliphatic rings. The molecule has 0 amide bonds. The zero-order valence-electron chi connectivity index (χ0n) is 44.8. The van der Waals surface area contributed by atoms with E-state index < -0.39 is 6.10 Å². The van der Waals surface area contributed by atoms with E-state index in [1.165, 1.54) is 128 Å². The Bertz CT molecular complexity index is 1300. The Hall–Kier alpha value is -3.18. The van der Waals surface area contributed by atoms with Crippen LogP contribution in [0.5, 0.6) is 0 Å². The van der Waals surface area contributed by atoms with E-state index in [2.05, 4.69) is 118 Å². The van der Waals surface area contributed by atoms with Crippen LogP contribution in [0.2, 0.25) is 0 Å². The van der Waals surface area contributed by atoms with Crippen molar-refractivity contribution in [1.82, 2.24) is 0 Å². The number of ether oxygens (including phenoxy) is 3. The highest BCUT2D eigenvalue weighted by Crippen LogP contribution is 2.14. The maximum atomic E-state index is 12.9. The fourth-order valence-corrected chi connectivity index (χ4v) is 7.80. The monoisotopic (exact) mass is 945 g/mol. The number of carbonyl (C=O) groups excluding carboxylic acids is 2. The summed E-state index contributed by atoms with van der Waals surface area (Å²) < 4.78 is 17.5. The second kappa shape index (κ2) is 58.1. The molecule has 0 aliphatic heterocycles. The SMILES string of the molecule is CC/C=C\C/C=C\C/C=C\C/C=C\CCCCCCCCC(=O)OCC(COCCCCCCCC/C=C\CCCCCC)OC(=O)CCCCCCCC/C=C\C/C=C\C/C=C\CCCCC. The predicted molar refractivity (Wildman–Crippen MR) is 297 cm³/mol. The average Bonchev–Trinajstić information content (AvgIpc) is 3.34. The lowest BCUT2D eigenvalue weighted by Crippen LogP contribution is -2.30. The minimum absolute atomic E-state index is 0.0658. The van der Waals surface area contributed by atoms with Crippen LogP contribution in [0, 0.1) is 0 Å². The predicted octanol–water partition coefficient (Wildman–Crippen LogP) is 19.8. The largest absolute Gasteiger partial charge is 0.462 e. The first-order valence-corrected chi connectivity index (χ1v) is 28.8. The number of hydrogen-bond donors (Lipinski definition) is 0. The summed E-state index contributed by atoms with van der Waals surface area (Å²) in [5.74, 6) is -0.429. The number of rotatable bonds is 52. The first kappa shape index (κ1) is 64.8. The Labute approximate surface area is 422 Å². The van der Waals surface area contributed by atoms with Crippen LogP contribution in [0.1, 0.15) is 265 Å². The maximum absolute atomic E-state index is 12.9. The molecule has 0 heterocycles. The lowest BCUT2D eigenvalue weighted by atomic mass is 10.1. The first-order chi connectivity index (χ1) is 33.6. The highest BCUT2D eigenvalue weighted by molar-refractivity contribution is 5.70. The lowest BCUT2D eigenvalue weighted by Gasteiger charge is -2.18. The van der Waals surface area contributed by atoms with Gasteiger partial charge in [0.25, 0.3) is 0 Å². The van der Waals surface area contributed by atoms with Gasteiger partial charge in [0.1, 0.15) is 6.61 Å². The third-order valence-corrected chi connectivity index (χ3v) is 12.1. The summed E-state index contributed by atoms with van der Waals surface area (Å²) in [7, 11) is 0. The second-order valence-electron chi connectivity index (χ2n) is 18.8. The van der Waals surface area contributed by atoms with Gasteiger partial charge >= 0.3 is 11.9 Å². The topological polar surface area (TPSA) is 61.8 Å². The van der Waals surface area contributed by atoms with E-state index in [9.17, 15) is 9.59 Å². The van der Waals surface area contributed by atoms with Gasteiger partial charge in [-0.3, -0.25) is 9.59 Å². The summed E-state index contributed by atoms with van der Waals surface area (Å²) in [6.45, 7) is 7.65. The fourth-order valence-electron chi connectivity index (χ4n) is 7.80. The van der Waals surface area contributed by atoms with Crippen LogP contribution >= 0.6 is 0 Å². The minimum atomic E-state index is -0.558. The highest BCUT2D eigenvalue weighted by Gasteiger charge is 2.17. The van der Waals surface area contributed by atoms with Crippen molar-refractivity contribution in [3.8, 4) is 0 Å². The van der Waals surface area contributed by atoms with Crippen molar-refractivity contribution in [2.45, 2.75) is 271 Å². The third-order valence-electron chi connectivity index (χ3n) is 12.1. The zero-order valence-corrected chi connectivity index (χ0v) is 44.8. The number of unbranched alkanes of at least 4 members (excludes halogenated alkanes) is 25. The molecule has 0 saturated carbocycles. The molecule has 5 heteroatoms. The summed E-state index contributed by atoms with van der Waals surface area (Å²) in [5.41, 5.74) is 0. The molecule has 0 aliphatic carbocycles. The Morgan fingerprint density at radius 3 is 1.10 bits per heavy atom. The van der Waals surface area contributed by atoms with E-state index >= 15 is 0 Å². The molecule has 5 nitrogen and oxygen atoms in total. The normalized spacial score (nSPS) is 12.9. The van der Waals surface area contributed by atoms with Gasteiger partial charge in [-0.1, -0.05) is 227 Å². The van der Waals surface area contributed by atoms with Crippen LogP contribution in [-0.4, -0.2) is 37.9 Å². The molecule has 0 radical (unpaired) electrons.